The summed E-state index contributed by atoms with van der Waals surface area (Å²) in [6.45, 7) is 6.80. The molecule has 2 N–H and O–H groups in total. The van der Waals surface area contributed by atoms with Gasteiger partial charge in [0.1, 0.15) is 5.75 Å². The smallest absolute Gasteiger partial charge is 0.166 e. The van der Waals surface area contributed by atoms with Crippen LogP contribution in [0.2, 0.25) is 0 Å². The minimum absolute atomic E-state index is 0.684. The Labute approximate surface area is 112 Å². The highest BCUT2D eigenvalue weighted by molar-refractivity contribution is 7.99. The molecule has 98 valence electrons. The van der Waals surface area contributed by atoms with E-state index >= 15 is 0 Å². The second-order valence-electron chi connectivity index (χ2n) is 3.86. The third-order valence-corrected chi connectivity index (χ3v) is 3.39. The Balaban J connectivity index is 2.02. The van der Waals surface area contributed by atoms with Crippen molar-refractivity contribution in [2.75, 3.05) is 25.4 Å². The maximum Gasteiger partial charge on any atom is 0.166 e. The quantitative estimate of drug-likeness (QED) is 0.597. The monoisotopic (exact) mass is 265 g/mol. The van der Waals surface area contributed by atoms with Gasteiger partial charge in [-0.2, -0.15) is 0 Å². The van der Waals surface area contributed by atoms with Crippen LogP contribution >= 0.6 is 11.8 Å². The molecular weight excluding hydrogens is 246 g/mol. The van der Waals surface area contributed by atoms with Crippen LogP contribution in [0.15, 0.2) is 23.4 Å². The largest absolute Gasteiger partial charge is 0.494 e. The molecule has 0 bridgehead atoms. The van der Waals surface area contributed by atoms with Gasteiger partial charge in [0.05, 0.1) is 17.6 Å². The first kappa shape index (κ1) is 13.2. The van der Waals surface area contributed by atoms with E-state index in [9.17, 15) is 0 Å². The topological polar surface area (TPSA) is 49.9 Å². The van der Waals surface area contributed by atoms with Crippen LogP contribution in [0.25, 0.3) is 11.0 Å². The predicted molar refractivity (Wildman–Crippen MR) is 76.5 cm³/mol. The van der Waals surface area contributed by atoms with E-state index in [-0.39, 0.29) is 0 Å². The lowest BCUT2D eigenvalue weighted by atomic mass is 10.3. The SMILES string of the molecule is CCNCCSc1nc2ccc(OCC)cc2[nH]1. The summed E-state index contributed by atoms with van der Waals surface area (Å²) < 4.78 is 5.47. The molecule has 18 heavy (non-hydrogen) atoms. The molecule has 0 unspecified atom stereocenters. The van der Waals surface area contributed by atoms with Gasteiger partial charge in [-0.1, -0.05) is 18.7 Å². The van der Waals surface area contributed by atoms with E-state index in [4.69, 9.17) is 4.74 Å². The lowest BCUT2D eigenvalue weighted by Gasteiger charge is -2.00. The van der Waals surface area contributed by atoms with Crippen LogP contribution in [0.3, 0.4) is 0 Å². The highest BCUT2D eigenvalue weighted by atomic mass is 32.2. The summed E-state index contributed by atoms with van der Waals surface area (Å²) in [6, 6.07) is 5.95. The number of H-pyrrole nitrogens is 1. The lowest BCUT2D eigenvalue weighted by Crippen LogP contribution is -2.15. The molecule has 0 aliphatic rings. The van der Waals surface area contributed by atoms with E-state index in [0.29, 0.717) is 6.61 Å². The number of imidazole rings is 1. The van der Waals surface area contributed by atoms with Gasteiger partial charge in [-0.15, -0.1) is 0 Å². The van der Waals surface area contributed by atoms with Crippen molar-refractivity contribution in [1.82, 2.24) is 15.3 Å². The number of rotatable bonds is 7. The first-order valence-electron chi connectivity index (χ1n) is 6.29. The van der Waals surface area contributed by atoms with Crippen LogP contribution in [-0.4, -0.2) is 35.4 Å². The van der Waals surface area contributed by atoms with Gasteiger partial charge in [0.25, 0.3) is 0 Å². The van der Waals surface area contributed by atoms with Gasteiger partial charge >= 0.3 is 0 Å². The number of thioether (sulfide) groups is 1. The van der Waals surface area contributed by atoms with Gasteiger partial charge in [-0.3, -0.25) is 0 Å². The molecule has 1 aromatic carbocycles. The summed E-state index contributed by atoms with van der Waals surface area (Å²) in [6.07, 6.45) is 0. The predicted octanol–water partition coefficient (Wildman–Crippen LogP) is 2.66. The van der Waals surface area contributed by atoms with Crippen LogP contribution in [0.4, 0.5) is 0 Å². The first-order chi connectivity index (χ1) is 8.83. The number of ether oxygens (including phenoxy) is 1. The van der Waals surface area contributed by atoms with E-state index in [0.717, 1.165) is 40.8 Å². The van der Waals surface area contributed by atoms with Crippen molar-refractivity contribution in [2.45, 2.75) is 19.0 Å². The van der Waals surface area contributed by atoms with Gasteiger partial charge < -0.3 is 15.0 Å². The summed E-state index contributed by atoms with van der Waals surface area (Å²) in [5.41, 5.74) is 2.02. The Kier molecular flexibility index (Phi) is 4.90. The van der Waals surface area contributed by atoms with Crippen molar-refractivity contribution in [2.24, 2.45) is 0 Å². The zero-order valence-corrected chi connectivity index (χ0v) is 11.6. The van der Waals surface area contributed by atoms with Crippen molar-refractivity contribution in [3.8, 4) is 5.75 Å². The Morgan fingerprint density at radius 1 is 1.39 bits per heavy atom. The molecule has 0 saturated carbocycles. The number of aromatic nitrogens is 2. The second kappa shape index (κ2) is 6.66. The zero-order valence-electron chi connectivity index (χ0n) is 10.8. The van der Waals surface area contributed by atoms with E-state index in [1.54, 1.807) is 11.8 Å². The van der Waals surface area contributed by atoms with Crippen LogP contribution in [0.1, 0.15) is 13.8 Å². The third-order valence-electron chi connectivity index (χ3n) is 2.51. The standard InChI is InChI=1S/C13H19N3OS/c1-3-14-7-8-18-13-15-11-6-5-10(17-4-2)9-12(11)16-13/h5-6,9,14H,3-4,7-8H2,1-2H3,(H,15,16). The molecule has 0 aliphatic heterocycles. The highest BCUT2D eigenvalue weighted by Gasteiger charge is 2.04. The zero-order chi connectivity index (χ0) is 12.8. The molecular formula is C13H19N3OS. The number of hydrogen-bond donors (Lipinski definition) is 2. The summed E-state index contributed by atoms with van der Waals surface area (Å²) in [7, 11) is 0. The van der Waals surface area contributed by atoms with Crippen molar-refractivity contribution in [1.29, 1.82) is 0 Å². The molecule has 0 fully saturated rings. The maximum atomic E-state index is 5.47. The Morgan fingerprint density at radius 3 is 3.06 bits per heavy atom. The van der Waals surface area contributed by atoms with Gasteiger partial charge in [0.2, 0.25) is 0 Å². The van der Waals surface area contributed by atoms with Crippen molar-refractivity contribution >= 4 is 22.8 Å². The summed E-state index contributed by atoms with van der Waals surface area (Å²) in [4.78, 5) is 7.85. The summed E-state index contributed by atoms with van der Waals surface area (Å²) in [5, 5.41) is 4.26. The molecule has 2 rings (SSSR count). The summed E-state index contributed by atoms with van der Waals surface area (Å²) >= 11 is 1.74. The fraction of sp³-hybridized carbons (Fsp3) is 0.462. The molecule has 0 amide bonds. The molecule has 1 aromatic heterocycles. The average molecular weight is 265 g/mol. The van der Waals surface area contributed by atoms with Crippen LogP contribution in [0, 0.1) is 0 Å². The van der Waals surface area contributed by atoms with Crippen LogP contribution < -0.4 is 10.1 Å². The molecule has 2 aromatic rings. The first-order valence-corrected chi connectivity index (χ1v) is 7.28. The Bertz CT molecular complexity index is 498. The Hall–Kier alpha value is -1.20. The highest BCUT2D eigenvalue weighted by Crippen LogP contribution is 2.22. The van der Waals surface area contributed by atoms with E-state index < -0.39 is 0 Å². The minimum Gasteiger partial charge on any atom is -0.494 e. The molecule has 0 atom stereocenters. The van der Waals surface area contributed by atoms with E-state index in [2.05, 4.69) is 22.2 Å². The number of aromatic amines is 1. The average Bonchev–Trinajstić information content (AvgIpc) is 2.77. The molecule has 5 heteroatoms. The van der Waals surface area contributed by atoms with Crippen molar-refractivity contribution < 1.29 is 4.74 Å². The fourth-order valence-corrected chi connectivity index (χ4v) is 2.47. The third kappa shape index (κ3) is 3.40. The molecule has 0 radical (unpaired) electrons. The molecule has 1 heterocycles. The maximum absolute atomic E-state index is 5.47. The van der Waals surface area contributed by atoms with Gasteiger partial charge in [-0.25, -0.2) is 4.98 Å². The number of nitrogens with one attached hydrogen (secondary N) is 2. The number of hydrogen-bond acceptors (Lipinski definition) is 4. The molecule has 0 spiro atoms. The number of fused-ring (bicyclic) bond motifs is 1. The number of benzene rings is 1. The van der Waals surface area contributed by atoms with Crippen molar-refractivity contribution in [3.63, 3.8) is 0 Å². The van der Waals surface area contributed by atoms with E-state index in [1.165, 1.54) is 0 Å². The number of nitrogens with zero attached hydrogens (tertiary/aromatic N) is 1. The van der Waals surface area contributed by atoms with Gasteiger partial charge in [-0.05, 0) is 25.6 Å². The summed E-state index contributed by atoms with van der Waals surface area (Å²) in [5.74, 6) is 1.91. The van der Waals surface area contributed by atoms with Crippen LogP contribution in [-0.2, 0) is 0 Å². The normalized spacial score (nSPS) is 11.0. The Morgan fingerprint density at radius 2 is 2.28 bits per heavy atom. The fourth-order valence-electron chi connectivity index (χ4n) is 1.69. The van der Waals surface area contributed by atoms with Gasteiger partial charge in [0.15, 0.2) is 5.16 Å². The lowest BCUT2D eigenvalue weighted by molar-refractivity contribution is 0.340. The van der Waals surface area contributed by atoms with Gasteiger partial charge in [0, 0.05) is 18.4 Å². The molecule has 4 nitrogen and oxygen atoms in total. The second-order valence-corrected chi connectivity index (χ2v) is 4.94. The van der Waals surface area contributed by atoms with Crippen LogP contribution in [0.5, 0.6) is 5.75 Å². The molecule has 0 saturated heterocycles. The minimum atomic E-state index is 0.684. The van der Waals surface area contributed by atoms with E-state index in [1.807, 2.05) is 25.1 Å². The van der Waals surface area contributed by atoms with Crippen molar-refractivity contribution in [3.05, 3.63) is 18.2 Å². The molecule has 0 aliphatic carbocycles.